The Kier molecular flexibility index (Phi) is 5.01. The molecule has 2 heterocycles. The van der Waals surface area contributed by atoms with Crippen molar-refractivity contribution in [2.45, 2.75) is 69.8 Å². The third-order valence-electron chi connectivity index (χ3n) is 3.55. The van der Waals surface area contributed by atoms with Gasteiger partial charge in [-0.25, -0.2) is 0 Å². The molecule has 19 heavy (non-hydrogen) atoms. The van der Waals surface area contributed by atoms with Gasteiger partial charge in [-0.3, -0.25) is 0 Å². The summed E-state index contributed by atoms with van der Waals surface area (Å²) in [4.78, 5) is 0. The Morgan fingerprint density at radius 3 is 2.58 bits per heavy atom. The lowest BCUT2D eigenvalue weighted by Gasteiger charge is -2.26. The van der Waals surface area contributed by atoms with E-state index in [9.17, 15) is 0 Å². The number of rotatable bonds is 4. The Labute approximate surface area is 124 Å². The van der Waals surface area contributed by atoms with Gasteiger partial charge in [-0.2, -0.15) is 0 Å². The Morgan fingerprint density at radius 2 is 2.00 bits per heavy atom. The molecular formula is C14H24BrN3O. The minimum atomic E-state index is 0.0232. The van der Waals surface area contributed by atoms with Gasteiger partial charge in [-0.05, 0) is 46.5 Å². The van der Waals surface area contributed by atoms with E-state index in [-0.39, 0.29) is 5.54 Å². The minimum Gasteiger partial charge on any atom is -0.378 e. The van der Waals surface area contributed by atoms with Crippen LogP contribution in [0.5, 0.6) is 0 Å². The van der Waals surface area contributed by atoms with Gasteiger partial charge < -0.3 is 9.30 Å². The molecule has 0 radical (unpaired) electrons. The van der Waals surface area contributed by atoms with Gasteiger partial charge in [0.05, 0.1) is 11.4 Å². The molecule has 0 aliphatic carbocycles. The predicted octanol–water partition coefficient (Wildman–Crippen LogP) is 3.43. The van der Waals surface area contributed by atoms with Gasteiger partial charge in [0.25, 0.3) is 0 Å². The van der Waals surface area contributed by atoms with Gasteiger partial charge in [0.2, 0.25) is 0 Å². The van der Waals surface area contributed by atoms with E-state index in [1.54, 1.807) is 0 Å². The summed E-state index contributed by atoms with van der Waals surface area (Å²) in [6, 6.07) is 0. The molecule has 1 unspecified atom stereocenters. The smallest absolute Gasteiger partial charge is 0.144 e. The first kappa shape index (κ1) is 15.0. The van der Waals surface area contributed by atoms with Crippen molar-refractivity contribution < 1.29 is 4.74 Å². The van der Waals surface area contributed by atoms with E-state index in [0.29, 0.717) is 6.10 Å². The third-order valence-corrected chi connectivity index (χ3v) is 4.05. The normalized spacial score (nSPS) is 20.7. The summed E-state index contributed by atoms with van der Waals surface area (Å²) in [5.41, 5.74) is 0.0232. The highest BCUT2D eigenvalue weighted by Gasteiger charge is 2.23. The number of nitrogens with zero attached hydrogens (tertiary/aromatic N) is 3. The molecule has 1 aromatic rings. The van der Waals surface area contributed by atoms with E-state index in [1.165, 1.54) is 19.3 Å². The molecule has 1 aliphatic heterocycles. The Balaban J connectivity index is 2.05. The van der Waals surface area contributed by atoms with E-state index < -0.39 is 0 Å². The molecule has 1 aromatic heterocycles. The van der Waals surface area contributed by atoms with Crippen LogP contribution in [0.2, 0.25) is 0 Å². The quantitative estimate of drug-likeness (QED) is 0.794. The van der Waals surface area contributed by atoms with Crippen LogP contribution in [0, 0.1) is 0 Å². The van der Waals surface area contributed by atoms with Gasteiger partial charge in [-0.1, -0.05) is 15.9 Å². The maximum absolute atomic E-state index is 5.79. The molecule has 0 spiro atoms. The highest BCUT2D eigenvalue weighted by Crippen LogP contribution is 2.23. The molecule has 0 N–H and O–H groups in total. The number of hydrogen-bond donors (Lipinski definition) is 0. The molecule has 1 saturated heterocycles. The maximum Gasteiger partial charge on any atom is 0.144 e. The van der Waals surface area contributed by atoms with E-state index >= 15 is 0 Å². The SMILES string of the molecule is CC(C)(C)n1c(CBr)nnc1CCC1CCCCO1. The summed E-state index contributed by atoms with van der Waals surface area (Å²) in [7, 11) is 0. The molecule has 1 atom stereocenters. The van der Waals surface area contributed by atoms with Crippen LogP contribution in [-0.4, -0.2) is 27.5 Å². The molecule has 0 saturated carbocycles. The summed E-state index contributed by atoms with van der Waals surface area (Å²) in [6.07, 6.45) is 6.10. The first-order valence-corrected chi connectivity index (χ1v) is 8.25. The Bertz CT molecular complexity index is 405. The fourth-order valence-corrected chi connectivity index (χ4v) is 3.06. The van der Waals surface area contributed by atoms with Crippen molar-refractivity contribution in [3.05, 3.63) is 11.6 Å². The zero-order valence-electron chi connectivity index (χ0n) is 12.2. The van der Waals surface area contributed by atoms with Gasteiger partial charge >= 0.3 is 0 Å². The summed E-state index contributed by atoms with van der Waals surface area (Å²) >= 11 is 3.49. The monoisotopic (exact) mass is 329 g/mol. The third kappa shape index (κ3) is 3.78. The molecule has 108 valence electrons. The molecule has 5 heteroatoms. The standard InChI is InChI=1S/C14H24BrN3O/c1-14(2,3)18-12(16-17-13(18)10-15)8-7-11-6-4-5-9-19-11/h11H,4-10H2,1-3H3. The first-order chi connectivity index (χ1) is 9.02. The highest BCUT2D eigenvalue weighted by atomic mass is 79.9. The lowest BCUT2D eigenvalue weighted by atomic mass is 10.0. The lowest BCUT2D eigenvalue weighted by Crippen LogP contribution is -2.27. The van der Waals surface area contributed by atoms with Gasteiger partial charge in [0.1, 0.15) is 11.6 Å². The number of ether oxygens (including phenoxy) is 1. The van der Waals surface area contributed by atoms with Gasteiger partial charge in [-0.15, -0.1) is 10.2 Å². The van der Waals surface area contributed by atoms with Crippen molar-refractivity contribution in [3.8, 4) is 0 Å². The molecule has 2 rings (SSSR count). The van der Waals surface area contributed by atoms with E-state index in [0.717, 1.165) is 36.4 Å². The Hall–Kier alpha value is -0.420. The number of halogens is 1. The van der Waals surface area contributed by atoms with E-state index in [2.05, 4.69) is 51.5 Å². The first-order valence-electron chi connectivity index (χ1n) is 7.13. The number of aromatic nitrogens is 3. The molecule has 1 aliphatic rings. The van der Waals surface area contributed by atoms with Crippen molar-refractivity contribution >= 4 is 15.9 Å². The molecular weight excluding hydrogens is 306 g/mol. The summed E-state index contributed by atoms with van der Waals surface area (Å²) in [5, 5.41) is 9.40. The van der Waals surface area contributed by atoms with Crippen LogP contribution in [0.15, 0.2) is 0 Å². The summed E-state index contributed by atoms with van der Waals surface area (Å²) in [6.45, 7) is 7.51. The van der Waals surface area contributed by atoms with Crippen molar-refractivity contribution in [2.24, 2.45) is 0 Å². The zero-order valence-corrected chi connectivity index (χ0v) is 13.7. The maximum atomic E-state index is 5.79. The molecule has 0 amide bonds. The minimum absolute atomic E-state index is 0.0232. The highest BCUT2D eigenvalue weighted by molar-refractivity contribution is 9.08. The van der Waals surface area contributed by atoms with Crippen LogP contribution in [0.3, 0.4) is 0 Å². The Morgan fingerprint density at radius 1 is 1.26 bits per heavy atom. The van der Waals surface area contributed by atoms with Crippen LogP contribution in [0.4, 0.5) is 0 Å². The lowest BCUT2D eigenvalue weighted by molar-refractivity contribution is 0.0109. The van der Waals surface area contributed by atoms with Crippen molar-refractivity contribution in [2.75, 3.05) is 6.61 Å². The zero-order chi connectivity index (χ0) is 13.9. The van der Waals surface area contributed by atoms with Crippen LogP contribution < -0.4 is 0 Å². The van der Waals surface area contributed by atoms with E-state index in [1.807, 2.05) is 0 Å². The molecule has 0 aromatic carbocycles. The van der Waals surface area contributed by atoms with Crippen LogP contribution in [-0.2, 0) is 22.0 Å². The average molecular weight is 330 g/mol. The predicted molar refractivity (Wildman–Crippen MR) is 79.6 cm³/mol. The van der Waals surface area contributed by atoms with Gasteiger partial charge in [0, 0.05) is 18.6 Å². The van der Waals surface area contributed by atoms with Crippen molar-refractivity contribution in [3.63, 3.8) is 0 Å². The number of aryl methyl sites for hydroxylation is 1. The average Bonchev–Trinajstić information content (AvgIpc) is 2.80. The molecule has 1 fully saturated rings. The van der Waals surface area contributed by atoms with Crippen molar-refractivity contribution in [1.82, 2.24) is 14.8 Å². The topological polar surface area (TPSA) is 39.9 Å². The molecule has 4 nitrogen and oxygen atoms in total. The van der Waals surface area contributed by atoms with Gasteiger partial charge in [0.15, 0.2) is 0 Å². The van der Waals surface area contributed by atoms with Crippen LogP contribution in [0.25, 0.3) is 0 Å². The van der Waals surface area contributed by atoms with Crippen molar-refractivity contribution in [1.29, 1.82) is 0 Å². The molecule has 0 bridgehead atoms. The largest absolute Gasteiger partial charge is 0.378 e. The second-order valence-corrected chi connectivity index (χ2v) is 6.76. The van der Waals surface area contributed by atoms with Crippen LogP contribution >= 0.6 is 15.9 Å². The van der Waals surface area contributed by atoms with E-state index in [4.69, 9.17) is 4.74 Å². The second-order valence-electron chi connectivity index (χ2n) is 6.20. The fraction of sp³-hybridized carbons (Fsp3) is 0.857. The second kappa shape index (κ2) is 6.35. The summed E-state index contributed by atoms with van der Waals surface area (Å²) < 4.78 is 8.05. The number of alkyl halides is 1. The van der Waals surface area contributed by atoms with Crippen LogP contribution in [0.1, 0.15) is 58.1 Å². The number of hydrogen-bond acceptors (Lipinski definition) is 3. The summed E-state index contributed by atoms with van der Waals surface area (Å²) in [5.74, 6) is 2.09. The fourth-order valence-electron chi connectivity index (χ4n) is 2.70.